The number of nitrogens with zero attached hydrogens (tertiary/aromatic N) is 3. The molecule has 156 valence electrons. The lowest BCUT2D eigenvalue weighted by atomic mass is 10.1. The van der Waals surface area contributed by atoms with Gasteiger partial charge in [0.1, 0.15) is 5.58 Å². The fraction of sp³-hybridized carbons (Fsp3) is 0.286. The Labute approximate surface area is 173 Å². The molecule has 0 amide bonds. The second-order valence-electron chi connectivity index (χ2n) is 7.27. The van der Waals surface area contributed by atoms with Gasteiger partial charge in [0, 0.05) is 17.8 Å². The zero-order chi connectivity index (χ0) is 21.5. The van der Waals surface area contributed by atoms with Gasteiger partial charge in [0.15, 0.2) is 5.65 Å². The van der Waals surface area contributed by atoms with Gasteiger partial charge < -0.3 is 8.82 Å². The third kappa shape index (κ3) is 4.27. The van der Waals surface area contributed by atoms with E-state index >= 15 is 0 Å². The molecule has 4 rings (SSSR count). The quantitative estimate of drug-likeness (QED) is 0.265. The molecule has 0 bridgehead atoms. The van der Waals surface area contributed by atoms with Crippen LogP contribution in [-0.4, -0.2) is 35.6 Å². The molecule has 0 unspecified atom stereocenters. The molecule has 0 saturated carbocycles. The van der Waals surface area contributed by atoms with Crippen LogP contribution in [-0.2, 0) is 20.7 Å². The summed E-state index contributed by atoms with van der Waals surface area (Å²) in [7, 11) is -3.44. The maximum absolute atomic E-state index is 12.6. The maximum atomic E-state index is 12.6. The minimum Gasteiger partial charge on any atom is -0.422 e. The van der Waals surface area contributed by atoms with E-state index < -0.39 is 15.7 Å². The van der Waals surface area contributed by atoms with E-state index in [1.807, 2.05) is 36.6 Å². The molecule has 0 N–H and O–H groups in total. The van der Waals surface area contributed by atoms with Crippen molar-refractivity contribution in [2.24, 2.45) is 0 Å². The second-order valence-corrected chi connectivity index (χ2v) is 8.92. The lowest BCUT2D eigenvalue weighted by Crippen LogP contribution is -2.05. The fourth-order valence-corrected chi connectivity index (χ4v) is 3.83. The van der Waals surface area contributed by atoms with Gasteiger partial charge in [-0.3, -0.25) is 9.17 Å². The molecule has 0 spiro atoms. The molecule has 0 radical (unpaired) electrons. The highest BCUT2D eigenvalue weighted by Crippen LogP contribution is 2.23. The largest absolute Gasteiger partial charge is 0.422 e. The minimum atomic E-state index is -3.44. The number of benzene rings is 1. The lowest BCUT2D eigenvalue weighted by molar-refractivity contribution is 0.316. The predicted octanol–water partition coefficient (Wildman–Crippen LogP) is 3.03. The van der Waals surface area contributed by atoms with Crippen LogP contribution in [0.1, 0.15) is 23.4 Å². The van der Waals surface area contributed by atoms with Crippen molar-refractivity contribution in [1.82, 2.24) is 14.4 Å². The number of imidazole rings is 1. The Morgan fingerprint density at radius 3 is 2.70 bits per heavy atom. The summed E-state index contributed by atoms with van der Waals surface area (Å²) in [6.07, 6.45) is 5.83. The molecule has 0 aliphatic carbocycles. The van der Waals surface area contributed by atoms with Gasteiger partial charge in [-0.15, -0.1) is 0 Å². The summed E-state index contributed by atoms with van der Waals surface area (Å²) in [6, 6.07) is 7.37. The zero-order valence-corrected chi connectivity index (χ0v) is 17.7. The maximum Gasteiger partial charge on any atom is 0.345 e. The number of aromatic nitrogens is 3. The number of fused-ring (bicyclic) bond motifs is 2. The Balaban J connectivity index is 1.63. The Morgan fingerprint density at radius 2 is 1.93 bits per heavy atom. The van der Waals surface area contributed by atoms with Gasteiger partial charge in [-0.25, -0.2) is 9.78 Å². The fourth-order valence-electron chi connectivity index (χ4n) is 3.41. The molecule has 0 fully saturated rings. The smallest absolute Gasteiger partial charge is 0.345 e. The van der Waals surface area contributed by atoms with Crippen LogP contribution in [0.4, 0.5) is 0 Å². The summed E-state index contributed by atoms with van der Waals surface area (Å²) >= 11 is 0. The molecule has 3 heterocycles. The van der Waals surface area contributed by atoms with Crippen LogP contribution in [0.15, 0.2) is 45.9 Å². The summed E-state index contributed by atoms with van der Waals surface area (Å²) in [5, 5.41) is 0.781. The van der Waals surface area contributed by atoms with Gasteiger partial charge in [-0.05, 0) is 44.4 Å². The van der Waals surface area contributed by atoms with Crippen molar-refractivity contribution in [3.8, 4) is 11.3 Å². The average Bonchev–Trinajstić information content (AvgIpc) is 3.08. The number of rotatable bonds is 6. The van der Waals surface area contributed by atoms with Gasteiger partial charge in [0.05, 0.1) is 35.5 Å². The van der Waals surface area contributed by atoms with E-state index in [1.165, 1.54) is 0 Å². The van der Waals surface area contributed by atoms with Crippen molar-refractivity contribution in [2.75, 3.05) is 12.9 Å². The highest BCUT2D eigenvalue weighted by molar-refractivity contribution is 7.85. The second kappa shape index (κ2) is 7.66. The van der Waals surface area contributed by atoms with Crippen LogP contribution in [0.25, 0.3) is 27.9 Å². The Kier molecular flexibility index (Phi) is 5.17. The first-order valence-corrected chi connectivity index (χ1v) is 11.3. The van der Waals surface area contributed by atoms with Crippen molar-refractivity contribution in [3.05, 3.63) is 64.0 Å². The van der Waals surface area contributed by atoms with Gasteiger partial charge in [0.25, 0.3) is 10.1 Å². The first kappa shape index (κ1) is 20.2. The van der Waals surface area contributed by atoms with E-state index in [4.69, 9.17) is 8.60 Å². The molecule has 0 aliphatic heterocycles. The molecule has 8 nitrogen and oxygen atoms in total. The van der Waals surface area contributed by atoms with E-state index in [1.54, 1.807) is 18.3 Å². The summed E-state index contributed by atoms with van der Waals surface area (Å²) in [5.41, 5.74) is 4.20. The third-order valence-electron chi connectivity index (χ3n) is 4.71. The first-order valence-electron chi connectivity index (χ1n) is 9.44. The standard InChI is InChI=1S/C21H21N3O5S/c1-13-11-24-12-18(23-20(24)14(2)22-13)17-10-16-7-6-15(9-19(16)29-21(17)25)5-4-8-28-30(3,26)27/h6-7,9-12H,4-5,8H2,1-3H3. The molecule has 0 saturated heterocycles. The van der Waals surface area contributed by atoms with Crippen LogP contribution in [0.3, 0.4) is 0 Å². The SMILES string of the molecule is Cc1cn2cc(-c3cc4ccc(CCCOS(C)(=O)=O)cc4oc3=O)nc2c(C)n1. The predicted molar refractivity (Wildman–Crippen MR) is 113 cm³/mol. The molecule has 3 aromatic heterocycles. The summed E-state index contributed by atoms with van der Waals surface area (Å²) in [5.74, 6) is 0. The summed E-state index contributed by atoms with van der Waals surface area (Å²) in [4.78, 5) is 21.6. The number of hydrogen-bond acceptors (Lipinski definition) is 7. The molecular weight excluding hydrogens is 406 g/mol. The van der Waals surface area contributed by atoms with Gasteiger partial charge in [-0.2, -0.15) is 8.42 Å². The molecule has 0 atom stereocenters. The Hall–Kier alpha value is -3.04. The van der Waals surface area contributed by atoms with Crippen molar-refractivity contribution in [3.63, 3.8) is 0 Å². The van der Waals surface area contributed by atoms with Gasteiger partial charge in [0.2, 0.25) is 0 Å². The van der Waals surface area contributed by atoms with Crippen molar-refractivity contribution in [2.45, 2.75) is 26.7 Å². The van der Waals surface area contributed by atoms with E-state index in [-0.39, 0.29) is 6.61 Å². The van der Waals surface area contributed by atoms with Crippen LogP contribution in [0.5, 0.6) is 0 Å². The van der Waals surface area contributed by atoms with Gasteiger partial charge >= 0.3 is 5.63 Å². The normalized spacial score (nSPS) is 12.1. The Morgan fingerprint density at radius 1 is 1.13 bits per heavy atom. The molecule has 4 aromatic rings. The third-order valence-corrected chi connectivity index (χ3v) is 5.30. The van der Waals surface area contributed by atoms with E-state index in [2.05, 4.69) is 9.97 Å². The molecule has 0 aliphatic rings. The Bertz CT molecular complexity index is 1420. The molecule has 9 heteroatoms. The first-order chi connectivity index (χ1) is 14.2. The van der Waals surface area contributed by atoms with Gasteiger partial charge in [-0.1, -0.05) is 12.1 Å². The molecule has 30 heavy (non-hydrogen) atoms. The highest BCUT2D eigenvalue weighted by atomic mass is 32.2. The molecular formula is C21H21N3O5S. The minimum absolute atomic E-state index is 0.112. The van der Waals surface area contributed by atoms with Crippen LogP contribution < -0.4 is 5.63 Å². The van der Waals surface area contributed by atoms with E-state index in [0.717, 1.165) is 28.6 Å². The lowest BCUT2D eigenvalue weighted by Gasteiger charge is -2.05. The average molecular weight is 427 g/mol. The summed E-state index contributed by atoms with van der Waals surface area (Å²) in [6.45, 7) is 3.90. The number of aryl methyl sites for hydroxylation is 3. The van der Waals surface area contributed by atoms with Crippen molar-refractivity contribution >= 4 is 26.7 Å². The van der Waals surface area contributed by atoms with Crippen LogP contribution in [0.2, 0.25) is 0 Å². The van der Waals surface area contributed by atoms with Crippen LogP contribution in [0, 0.1) is 13.8 Å². The summed E-state index contributed by atoms with van der Waals surface area (Å²) < 4.78 is 34.2. The number of hydrogen-bond donors (Lipinski definition) is 0. The van der Waals surface area contributed by atoms with E-state index in [9.17, 15) is 13.2 Å². The van der Waals surface area contributed by atoms with Crippen LogP contribution >= 0.6 is 0 Å². The highest BCUT2D eigenvalue weighted by Gasteiger charge is 2.14. The molecule has 1 aromatic carbocycles. The zero-order valence-electron chi connectivity index (χ0n) is 16.9. The monoisotopic (exact) mass is 427 g/mol. The van der Waals surface area contributed by atoms with Crippen molar-refractivity contribution < 1.29 is 17.0 Å². The topological polar surface area (TPSA) is 104 Å². The van der Waals surface area contributed by atoms with Crippen molar-refractivity contribution in [1.29, 1.82) is 0 Å². The van der Waals surface area contributed by atoms with E-state index in [0.29, 0.717) is 35.3 Å².